The largest absolute Gasteiger partial charge is 0.374 e. The molecule has 0 aliphatic rings. The van der Waals surface area contributed by atoms with Crippen LogP contribution in [0.25, 0.3) is 0 Å². The number of halogens is 1. The zero-order chi connectivity index (χ0) is 12.1. The van der Waals surface area contributed by atoms with Gasteiger partial charge in [-0.25, -0.2) is 0 Å². The van der Waals surface area contributed by atoms with Crippen LogP contribution in [0.15, 0.2) is 22.7 Å². The van der Waals surface area contributed by atoms with Crippen molar-refractivity contribution in [1.82, 2.24) is 0 Å². The highest BCUT2D eigenvalue weighted by Gasteiger charge is 2.09. The van der Waals surface area contributed by atoms with Gasteiger partial charge in [0.25, 0.3) is 0 Å². The molecule has 1 rings (SSSR count). The van der Waals surface area contributed by atoms with Gasteiger partial charge in [-0.05, 0) is 37.5 Å². The fourth-order valence-electron chi connectivity index (χ4n) is 1.87. The normalized spacial score (nSPS) is 12.6. The zero-order valence-electron chi connectivity index (χ0n) is 10.3. The Morgan fingerprint density at radius 1 is 1.44 bits per heavy atom. The number of hydrogen-bond donors (Lipinski definition) is 1. The molecule has 1 atom stereocenters. The molecule has 0 aliphatic heterocycles. The van der Waals surface area contributed by atoms with Crippen LogP contribution in [-0.2, 0) is 6.42 Å². The number of benzene rings is 1. The lowest BCUT2D eigenvalue weighted by Gasteiger charge is -2.23. The van der Waals surface area contributed by atoms with Crippen LogP contribution in [0.1, 0.15) is 25.8 Å². The molecule has 0 spiro atoms. The third-order valence-electron chi connectivity index (χ3n) is 2.56. The van der Waals surface area contributed by atoms with Crippen molar-refractivity contribution in [2.24, 2.45) is 5.73 Å². The predicted octanol–water partition coefficient (Wildman–Crippen LogP) is 3.19. The van der Waals surface area contributed by atoms with Gasteiger partial charge in [0, 0.05) is 29.8 Å². The summed E-state index contributed by atoms with van der Waals surface area (Å²) in [4.78, 5) is 2.29. The molecule has 2 nitrogen and oxygen atoms in total. The monoisotopic (exact) mass is 284 g/mol. The third kappa shape index (κ3) is 3.80. The van der Waals surface area contributed by atoms with Crippen LogP contribution in [0.4, 0.5) is 5.69 Å². The van der Waals surface area contributed by atoms with Crippen molar-refractivity contribution < 1.29 is 0 Å². The Labute approximate surface area is 107 Å². The van der Waals surface area contributed by atoms with Gasteiger partial charge in [0.15, 0.2) is 0 Å². The van der Waals surface area contributed by atoms with Crippen LogP contribution in [0.2, 0.25) is 0 Å². The quantitative estimate of drug-likeness (QED) is 0.900. The minimum absolute atomic E-state index is 0.204. The molecule has 90 valence electrons. The fourth-order valence-corrected chi connectivity index (χ4v) is 2.22. The second kappa shape index (κ2) is 6.26. The van der Waals surface area contributed by atoms with E-state index in [0.29, 0.717) is 0 Å². The van der Waals surface area contributed by atoms with E-state index in [1.54, 1.807) is 0 Å². The Morgan fingerprint density at radius 2 is 2.12 bits per heavy atom. The molecule has 0 aliphatic carbocycles. The summed E-state index contributed by atoms with van der Waals surface area (Å²) in [6, 6.07) is 6.62. The minimum Gasteiger partial charge on any atom is -0.374 e. The molecule has 0 saturated carbocycles. The van der Waals surface area contributed by atoms with Gasteiger partial charge in [0.2, 0.25) is 0 Å². The summed E-state index contributed by atoms with van der Waals surface area (Å²) in [6.07, 6.45) is 2.08. The number of anilines is 1. The highest BCUT2D eigenvalue weighted by Crippen LogP contribution is 2.25. The lowest BCUT2D eigenvalue weighted by molar-refractivity contribution is 0.732. The molecule has 2 N–H and O–H groups in total. The lowest BCUT2D eigenvalue weighted by Crippen LogP contribution is -2.23. The second-order valence-corrected chi connectivity index (χ2v) is 5.29. The van der Waals surface area contributed by atoms with Crippen molar-refractivity contribution in [1.29, 1.82) is 0 Å². The first-order valence-corrected chi connectivity index (χ1v) is 6.59. The molecule has 1 unspecified atom stereocenters. The first kappa shape index (κ1) is 13.5. The molecular formula is C13H21BrN2. The molecule has 3 heteroatoms. The maximum absolute atomic E-state index is 5.88. The Morgan fingerprint density at radius 3 is 2.69 bits per heavy atom. The number of hydrogen-bond acceptors (Lipinski definition) is 2. The topological polar surface area (TPSA) is 29.3 Å². The van der Waals surface area contributed by atoms with Crippen LogP contribution in [-0.4, -0.2) is 19.6 Å². The van der Waals surface area contributed by atoms with E-state index < -0.39 is 0 Å². The van der Waals surface area contributed by atoms with Crippen LogP contribution in [0.3, 0.4) is 0 Å². The molecule has 0 aromatic heterocycles. The van der Waals surface area contributed by atoms with Crippen LogP contribution in [0.5, 0.6) is 0 Å². The summed E-state index contributed by atoms with van der Waals surface area (Å²) in [5, 5.41) is 0. The van der Waals surface area contributed by atoms with Gasteiger partial charge in [0.1, 0.15) is 0 Å². The number of rotatable bonds is 5. The molecule has 16 heavy (non-hydrogen) atoms. The van der Waals surface area contributed by atoms with E-state index in [1.165, 1.54) is 11.3 Å². The third-order valence-corrected chi connectivity index (χ3v) is 3.05. The van der Waals surface area contributed by atoms with Crippen molar-refractivity contribution in [3.05, 3.63) is 28.2 Å². The Hall–Kier alpha value is -0.540. The first-order chi connectivity index (χ1) is 7.54. The number of nitrogens with two attached hydrogens (primary N) is 1. The van der Waals surface area contributed by atoms with Crippen molar-refractivity contribution >= 4 is 21.6 Å². The van der Waals surface area contributed by atoms with Gasteiger partial charge in [-0.2, -0.15) is 0 Å². The molecule has 0 fully saturated rings. The highest BCUT2D eigenvalue weighted by molar-refractivity contribution is 9.10. The second-order valence-electron chi connectivity index (χ2n) is 4.38. The summed E-state index contributed by atoms with van der Waals surface area (Å²) in [6.45, 7) is 5.31. The maximum Gasteiger partial charge on any atom is 0.0408 e. The summed E-state index contributed by atoms with van der Waals surface area (Å²) < 4.78 is 1.12. The zero-order valence-corrected chi connectivity index (χ0v) is 11.9. The van der Waals surface area contributed by atoms with E-state index >= 15 is 0 Å². The van der Waals surface area contributed by atoms with Crippen molar-refractivity contribution in [3.8, 4) is 0 Å². The van der Waals surface area contributed by atoms with Crippen LogP contribution < -0.4 is 10.6 Å². The molecule has 0 amide bonds. The van der Waals surface area contributed by atoms with Gasteiger partial charge in [-0.15, -0.1) is 0 Å². The van der Waals surface area contributed by atoms with Crippen LogP contribution in [0, 0.1) is 0 Å². The fraction of sp³-hybridized carbons (Fsp3) is 0.538. The highest BCUT2D eigenvalue weighted by atomic mass is 79.9. The molecule has 1 aromatic rings. The Balaban J connectivity index is 2.97. The minimum atomic E-state index is 0.204. The maximum atomic E-state index is 5.88. The van der Waals surface area contributed by atoms with Crippen LogP contribution >= 0.6 is 15.9 Å². The lowest BCUT2D eigenvalue weighted by atomic mass is 10.0. The molecule has 0 bridgehead atoms. The van der Waals surface area contributed by atoms with Gasteiger partial charge in [-0.3, -0.25) is 0 Å². The molecule has 0 radical (unpaired) electrons. The Bertz CT molecular complexity index is 337. The average molecular weight is 285 g/mol. The van der Waals surface area contributed by atoms with E-state index in [0.717, 1.165) is 23.9 Å². The van der Waals surface area contributed by atoms with Gasteiger partial charge >= 0.3 is 0 Å². The smallest absolute Gasteiger partial charge is 0.0408 e. The van der Waals surface area contributed by atoms with Gasteiger partial charge < -0.3 is 10.6 Å². The molecular weight excluding hydrogens is 264 g/mol. The summed E-state index contributed by atoms with van der Waals surface area (Å²) in [7, 11) is 2.13. The van der Waals surface area contributed by atoms with E-state index in [-0.39, 0.29) is 6.04 Å². The van der Waals surface area contributed by atoms with Crippen molar-refractivity contribution in [2.75, 3.05) is 18.5 Å². The van der Waals surface area contributed by atoms with Gasteiger partial charge in [-0.1, -0.05) is 28.9 Å². The van der Waals surface area contributed by atoms with Gasteiger partial charge in [0.05, 0.1) is 0 Å². The van der Waals surface area contributed by atoms with Crippen molar-refractivity contribution in [2.45, 2.75) is 32.7 Å². The molecule has 0 heterocycles. The van der Waals surface area contributed by atoms with E-state index in [9.17, 15) is 0 Å². The Kier molecular flexibility index (Phi) is 5.29. The van der Waals surface area contributed by atoms with E-state index in [2.05, 4.69) is 53.0 Å². The van der Waals surface area contributed by atoms with E-state index in [4.69, 9.17) is 5.73 Å². The summed E-state index contributed by atoms with van der Waals surface area (Å²) in [5.74, 6) is 0. The summed E-state index contributed by atoms with van der Waals surface area (Å²) >= 11 is 3.52. The van der Waals surface area contributed by atoms with E-state index in [1.807, 2.05) is 6.92 Å². The summed E-state index contributed by atoms with van der Waals surface area (Å²) in [5.41, 5.74) is 8.49. The molecule has 0 saturated heterocycles. The average Bonchev–Trinajstić information content (AvgIpc) is 2.20. The predicted molar refractivity (Wildman–Crippen MR) is 75.1 cm³/mol. The number of nitrogens with zero attached hydrogens (tertiary/aromatic N) is 1. The SMILES string of the molecule is CCCN(C)c1cc(Br)ccc1CC(C)N. The molecule has 1 aromatic carbocycles. The standard InChI is InChI=1S/C13H21BrN2/c1-4-7-16(3)13-9-12(14)6-5-11(13)8-10(2)15/h5-6,9-10H,4,7-8,15H2,1-3H3. The van der Waals surface area contributed by atoms with Crippen molar-refractivity contribution in [3.63, 3.8) is 0 Å². The first-order valence-electron chi connectivity index (χ1n) is 5.79.